The lowest BCUT2D eigenvalue weighted by atomic mass is 10.2. The summed E-state index contributed by atoms with van der Waals surface area (Å²) in [6.07, 6.45) is 2.68. The van der Waals surface area contributed by atoms with E-state index in [9.17, 15) is 8.42 Å². The molecule has 0 fully saturated rings. The fourth-order valence-corrected chi connectivity index (χ4v) is 4.09. The molecule has 4 nitrogen and oxygen atoms in total. The number of unbranched alkanes of at least 4 members (excludes halogenated alkanes) is 2. The highest BCUT2D eigenvalue weighted by Gasteiger charge is 2.17. The largest absolute Gasteiger partial charge is 0.385 e. The number of hydrogen-bond donors (Lipinski definition) is 1. The molecule has 0 radical (unpaired) electrons. The zero-order chi connectivity index (χ0) is 14.3. The van der Waals surface area contributed by atoms with E-state index in [2.05, 4.69) is 36.6 Å². The fourth-order valence-electron chi connectivity index (χ4n) is 1.52. The van der Waals surface area contributed by atoms with Crippen molar-refractivity contribution in [2.24, 2.45) is 0 Å². The molecule has 108 valence electrons. The fraction of sp³-hybridized carbons (Fsp3) is 0.500. The van der Waals surface area contributed by atoms with Gasteiger partial charge in [0, 0.05) is 29.2 Å². The SMILES string of the molecule is COCCCCCNS(=O)(=O)c1cc(Br)ccc1Br. The average molecular weight is 415 g/mol. The van der Waals surface area contributed by atoms with Crippen LogP contribution in [0.5, 0.6) is 0 Å². The number of halogens is 2. The Bertz CT molecular complexity index is 506. The number of benzene rings is 1. The standard InChI is InChI=1S/C12H17Br2NO3S/c1-18-8-4-2-3-7-15-19(16,17)12-9-10(13)5-6-11(12)14/h5-6,9,15H,2-4,7-8H2,1H3. The second-order valence-electron chi connectivity index (χ2n) is 4.03. The van der Waals surface area contributed by atoms with Gasteiger partial charge in [-0.1, -0.05) is 15.9 Å². The van der Waals surface area contributed by atoms with Crippen molar-refractivity contribution in [3.8, 4) is 0 Å². The second kappa shape index (κ2) is 8.36. The number of rotatable bonds is 8. The van der Waals surface area contributed by atoms with E-state index in [1.165, 1.54) is 0 Å². The Kier molecular flexibility index (Phi) is 7.53. The monoisotopic (exact) mass is 413 g/mol. The summed E-state index contributed by atoms with van der Waals surface area (Å²) in [4.78, 5) is 0.249. The lowest BCUT2D eigenvalue weighted by molar-refractivity contribution is 0.192. The van der Waals surface area contributed by atoms with Gasteiger partial charge >= 0.3 is 0 Å². The lowest BCUT2D eigenvalue weighted by Gasteiger charge is -2.09. The highest BCUT2D eigenvalue weighted by molar-refractivity contribution is 9.11. The minimum atomic E-state index is -3.46. The minimum absolute atomic E-state index is 0.249. The van der Waals surface area contributed by atoms with Gasteiger partial charge in [0.2, 0.25) is 10.0 Å². The first-order chi connectivity index (χ1) is 8.97. The maximum atomic E-state index is 12.1. The molecule has 1 rings (SSSR count). The van der Waals surface area contributed by atoms with Crippen molar-refractivity contribution in [2.75, 3.05) is 20.3 Å². The van der Waals surface area contributed by atoms with Gasteiger partial charge in [-0.2, -0.15) is 0 Å². The van der Waals surface area contributed by atoms with Crippen molar-refractivity contribution in [1.82, 2.24) is 4.72 Å². The van der Waals surface area contributed by atoms with E-state index in [0.717, 1.165) is 23.7 Å². The van der Waals surface area contributed by atoms with E-state index in [-0.39, 0.29) is 4.90 Å². The van der Waals surface area contributed by atoms with Crippen molar-refractivity contribution >= 4 is 41.9 Å². The van der Waals surface area contributed by atoms with Gasteiger partial charge in [0.25, 0.3) is 0 Å². The highest BCUT2D eigenvalue weighted by Crippen LogP contribution is 2.25. The summed E-state index contributed by atoms with van der Waals surface area (Å²) in [5.74, 6) is 0. The summed E-state index contributed by atoms with van der Waals surface area (Å²) in [5, 5.41) is 0. The molecule has 0 bridgehead atoms. The third-order valence-electron chi connectivity index (χ3n) is 2.50. The topological polar surface area (TPSA) is 55.4 Å². The highest BCUT2D eigenvalue weighted by atomic mass is 79.9. The molecule has 0 saturated carbocycles. The van der Waals surface area contributed by atoms with E-state index in [4.69, 9.17) is 4.74 Å². The van der Waals surface area contributed by atoms with Crippen LogP contribution in [0.4, 0.5) is 0 Å². The molecule has 0 spiro atoms. The number of methoxy groups -OCH3 is 1. The summed E-state index contributed by atoms with van der Waals surface area (Å²) in [5.41, 5.74) is 0. The Hall–Kier alpha value is 0.0500. The normalized spacial score (nSPS) is 11.7. The Balaban J connectivity index is 2.54. The molecule has 0 aliphatic heterocycles. The first kappa shape index (κ1) is 17.1. The van der Waals surface area contributed by atoms with Crippen LogP contribution in [0.25, 0.3) is 0 Å². The minimum Gasteiger partial charge on any atom is -0.385 e. The van der Waals surface area contributed by atoms with Gasteiger partial charge in [-0.05, 0) is 53.4 Å². The van der Waals surface area contributed by atoms with Crippen LogP contribution in [0.15, 0.2) is 32.0 Å². The van der Waals surface area contributed by atoms with Crippen molar-refractivity contribution in [2.45, 2.75) is 24.2 Å². The van der Waals surface area contributed by atoms with Gasteiger partial charge < -0.3 is 4.74 Å². The quantitative estimate of drug-likeness (QED) is 0.664. The molecule has 7 heteroatoms. The van der Waals surface area contributed by atoms with Crippen molar-refractivity contribution in [1.29, 1.82) is 0 Å². The maximum absolute atomic E-state index is 12.1. The molecule has 0 heterocycles. The number of sulfonamides is 1. The smallest absolute Gasteiger partial charge is 0.241 e. The van der Waals surface area contributed by atoms with E-state index in [1.54, 1.807) is 25.3 Å². The molecule has 0 aliphatic rings. The third kappa shape index (κ3) is 5.91. The van der Waals surface area contributed by atoms with Gasteiger partial charge in [-0.15, -0.1) is 0 Å². The molecular weight excluding hydrogens is 398 g/mol. The van der Waals surface area contributed by atoms with Crippen LogP contribution in [0, 0.1) is 0 Å². The van der Waals surface area contributed by atoms with E-state index >= 15 is 0 Å². The van der Waals surface area contributed by atoms with Crippen molar-refractivity contribution in [3.63, 3.8) is 0 Å². The molecule has 1 N–H and O–H groups in total. The average Bonchev–Trinajstić information content (AvgIpc) is 2.36. The van der Waals surface area contributed by atoms with Crippen LogP contribution in [0.3, 0.4) is 0 Å². The van der Waals surface area contributed by atoms with Crippen LogP contribution in [-0.2, 0) is 14.8 Å². The summed E-state index contributed by atoms with van der Waals surface area (Å²) >= 11 is 6.53. The molecular formula is C12H17Br2NO3S. The zero-order valence-electron chi connectivity index (χ0n) is 10.7. The number of hydrogen-bond acceptors (Lipinski definition) is 3. The third-order valence-corrected chi connectivity index (χ3v) is 5.45. The Morgan fingerprint density at radius 3 is 2.63 bits per heavy atom. The van der Waals surface area contributed by atoms with Crippen LogP contribution < -0.4 is 4.72 Å². The van der Waals surface area contributed by atoms with Gasteiger partial charge in [0.05, 0.1) is 4.90 Å². The van der Waals surface area contributed by atoms with Crippen LogP contribution >= 0.6 is 31.9 Å². The molecule has 19 heavy (non-hydrogen) atoms. The van der Waals surface area contributed by atoms with Crippen molar-refractivity contribution < 1.29 is 13.2 Å². The van der Waals surface area contributed by atoms with Crippen LogP contribution in [-0.4, -0.2) is 28.7 Å². The van der Waals surface area contributed by atoms with Gasteiger partial charge in [-0.3, -0.25) is 0 Å². The Morgan fingerprint density at radius 2 is 1.95 bits per heavy atom. The first-order valence-electron chi connectivity index (χ1n) is 5.91. The van der Waals surface area contributed by atoms with Crippen molar-refractivity contribution in [3.05, 3.63) is 27.1 Å². The predicted octanol–water partition coefficient (Wildman–Crippen LogP) is 3.31. The maximum Gasteiger partial charge on any atom is 0.241 e. The summed E-state index contributed by atoms with van der Waals surface area (Å²) < 4.78 is 33.0. The van der Waals surface area contributed by atoms with E-state index in [1.807, 2.05) is 0 Å². The van der Waals surface area contributed by atoms with Gasteiger partial charge in [-0.25, -0.2) is 13.1 Å². The second-order valence-corrected chi connectivity index (χ2v) is 7.53. The van der Waals surface area contributed by atoms with Crippen LogP contribution in [0.2, 0.25) is 0 Å². The molecule has 1 aromatic carbocycles. The molecule has 0 aromatic heterocycles. The zero-order valence-corrected chi connectivity index (χ0v) is 14.6. The van der Waals surface area contributed by atoms with Crippen LogP contribution in [0.1, 0.15) is 19.3 Å². The van der Waals surface area contributed by atoms with E-state index in [0.29, 0.717) is 17.6 Å². The molecule has 0 aliphatic carbocycles. The summed E-state index contributed by atoms with van der Waals surface area (Å²) in [6, 6.07) is 5.07. The molecule has 0 unspecified atom stereocenters. The molecule has 0 amide bonds. The van der Waals surface area contributed by atoms with E-state index < -0.39 is 10.0 Å². The number of nitrogens with one attached hydrogen (secondary N) is 1. The van der Waals surface area contributed by atoms with Gasteiger partial charge in [0.15, 0.2) is 0 Å². The predicted molar refractivity (Wildman–Crippen MR) is 82.8 cm³/mol. The molecule has 0 atom stereocenters. The molecule has 1 aromatic rings. The first-order valence-corrected chi connectivity index (χ1v) is 8.98. The Morgan fingerprint density at radius 1 is 1.21 bits per heavy atom. The summed E-state index contributed by atoms with van der Waals surface area (Å²) in [7, 11) is -1.80. The Labute approximate surface area is 131 Å². The lowest BCUT2D eigenvalue weighted by Crippen LogP contribution is -2.25. The summed E-state index contributed by atoms with van der Waals surface area (Å²) in [6.45, 7) is 1.15. The molecule has 0 saturated heterocycles. The van der Waals surface area contributed by atoms with Gasteiger partial charge in [0.1, 0.15) is 0 Å². The number of ether oxygens (including phenoxy) is 1.